The average molecular weight is 288 g/mol. The van der Waals surface area contributed by atoms with Crippen molar-refractivity contribution in [2.45, 2.75) is 6.04 Å². The van der Waals surface area contributed by atoms with Crippen molar-refractivity contribution >= 4 is 11.9 Å². The zero-order valence-electron chi connectivity index (χ0n) is 11.2. The highest BCUT2D eigenvalue weighted by Gasteiger charge is 2.25. The summed E-state index contributed by atoms with van der Waals surface area (Å²) in [7, 11) is 1.22. The molecule has 0 aliphatic rings. The minimum absolute atomic E-state index is 0.185. The Morgan fingerprint density at radius 3 is 2.57 bits per heavy atom. The third-order valence-corrected chi connectivity index (χ3v) is 2.86. The van der Waals surface area contributed by atoms with Crippen molar-refractivity contribution in [2.24, 2.45) is 0 Å². The van der Waals surface area contributed by atoms with Crippen LogP contribution in [0.4, 0.5) is 4.39 Å². The molecule has 2 rings (SSSR count). The number of benzene rings is 1. The van der Waals surface area contributed by atoms with Crippen molar-refractivity contribution in [1.29, 1.82) is 0 Å². The van der Waals surface area contributed by atoms with E-state index in [-0.39, 0.29) is 5.56 Å². The Morgan fingerprint density at radius 1 is 1.24 bits per heavy atom. The number of pyridine rings is 1. The second kappa shape index (κ2) is 6.60. The van der Waals surface area contributed by atoms with Gasteiger partial charge < -0.3 is 10.1 Å². The third-order valence-electron chi connectivity index (χ3n) is 2.86. The molecule has 1 N–H and O–H groups in total. The lowest BCUT2D eigenvalue weighted by atomic mass is 10.1. The highest BCUT2D eigenvalue weighted by atomic mass is 19.1. The number of halogens is 1. The van der Waals surface area contributed by atoms with E-state index in [1.807, 2.05) is 0 Å². The molecule has 1 amide bonds. The summed E-state index contributed by atoms with van der Waals surface area (Å²) in [6.45, 7) is 0. The molecule has 5 nitrogen and oxygen atoms in total. The molecule has 1 atom stereocenters. The molecule has 0 radical (unpaired) electrons. The first-order valence-corrected chi connectivity index (χ1v) is 6.16. The summed E-state index contributed by atoms with van der Waals surface area (Å²) in [6.07, 6.45) is 2.23. The Morgan fingerprint density at radius 2 is 1.95 bits per heavy atom. The second-order valence-corrected chi connectivity index (χ2v) is 4.20. The molecule has 108 valence electrons. The SMILES string of the molecule is COC(=O)C(NC(=O)c1ccncc1F)c1ccccc1. The lowest BCUT2D eigenvalue weighted by molar-refractivity contribution is -0.143. The Balaban J connectivity index is 2.26. The summed E-state index contributed by atoms with van der Waals surface area (Å²) in [6, 6.07) is 8.81. The third kappa shape index (κ3) is 3.42. The van der Waals surface area contributed by atoms with Crippen LogP contribution in [0.5, 0.6) is 0 Å². The van der Waals surface area contributed by atoms with E-state index in [1.165, 1.54) is 19.4 Å². The van der Waals surface area contributed by atoms with Gasteiger partial charge in [0.05, 0.1) is 18.9 Å². The van der Waals surface area contributed by atoms with Gasteiger partial charge in [-0.1, -0.05) is 30.3 Å². The molecule has 0 saturated carbocycles. The number of methoxy groups -OCH3 is 1. The smallest absolute Gasteiger partial charge is 0.333 e. The van der Waals surface area contributed by atoms with E-state index in [1.54, 1.807) is 30.3 Å². The van der Waals surface area contributed by atoms with E-state index in [4.69, 9.17) is 0 Å². The lowest BCUT2D eigenvalue weighted by Gasteiger charge is -2.17. The number of carbonyl (C=O) groups is 2. The molecule has 0 saturated heterocycles. The van der Waals surface area contributed by atoms with Crippen LogP contribution in [0.2, 0.25) is 0 Å². The van der Waals surface area contributed by atoms with E-state index in [0.717, 1.165) is 6.20 Å². The van der Waals surface area contributed by atoms with Crippen LogP contribution in [-0.2, 0) is 9.53 Å². The second-order valence-electron chi connectivity index (χ2n) is 4.20. The van der Waals surface area contributed by atoms with Gasteiger partial charge in [0.1, 0.15) is 0 Å². The number of esters is 1. The fourth-order valence-corrected chi connectivity index (χ4v) is 1.81. The Kier molecular flexibility index (Phi) is 4.61. The topological polar surface area (TPSA) is 68.3 Å². The van der Waals surface area contributed by atoms with Gasteiger partial charge in [-0.25, -0.2) is 9.18 Å². The van der Waals surface area contributed by atoms with Crippen LogP contribution in [-0.4, -0.2) is 24.0 Å². The summed E-state index contributed by atoms with van der Waals surface area (Å²) in [5.74, 6) is -2.11. The van der Waals surface area contributed by atoms with Crippen LogP contribution in [0.25, 0.3) is 0 Å². The first kappa shape index (κ1) is 14.6. The quantitative estimate of drug-likeness (QED) is 0.872. The van der Waals surface area contributed by atoms with Crippen molar-refractivity contribution in [3.8, 4) is 0 Å². The van der Waals surface area contributed by atoms with Crippen LogP contribution in [0.1, 0.15) is 22.0 Å². The summed E-state index contributed by atoms with van der Waals surface area (Å²) in [5.41, 5.74) is 0.363. The minimum Gasteiger partial charge on any atom is -0.467 e. The number of nitrogens with one attached hydrogen (secondary N) is 1. The molecule has 1 aromatic heterocycles. The van der Waals surface area contributed by atoms with E-state index in [2.05, 4.69) is 15.0 Å². The van der Waals surface area contributed by atoms with E-state index < -0.39 is 23.7 Å². The molecular formula is C15H13FN2O3. The largest absolute Gasteiger partial charge is 0.467 e. The monoisotopic (exact) mass is 288 g/mol. The first-order valence-electron chi connectivity index (χ1n) is 6.16. The maximum absolute atomic E-state index is 13.5. The lowest BCUT2D eigenvalue weighted by Crippen LogP contribution is -2.35. The fourth-order valence-electron chi connectivity index (χ4n) is 1.81. The fraction of sp³-hybridized carbons (Fsp3) is 0.133. The van der Waals surface area contributed by atoms with E-state index >= 15 is 0 Å². The number of ether oxygens (including phenoxy) is 1. The highest BCUT2D eigenvalue weighted by molar-refractivity contribution is 5.97. The van der Waals surface area contributed by atoms with E-state index in [0.29, 0.717) is 5.56 Å². The molecule has 6 heteroatoms. The summed E-state index contributed by atoms with van der Waals surface area (Å²) < 4.78 is 18.2. The van der Waals surface area contributed by atoms with Gasteiger partial charge in [-0.05, 0) is 11.6 Å². The number of amides is 1. The van der Waals surface area contributed by atoms with Gasteiger partial charge in [0.2, 0.25) is 0 Å². The molecule has 21 heavy (non-hydrogen) atoms. The normalized spacial score (nSPS) is 11.5. The maximum atomic E-state index is 13.5. The summed E-state index contributed by atoms with van der Waals surface area (Å²) >= 11 is 0. The van der Waals surface area contributed by atoms with Gasteiger partial charge in [-0.2, -0.15) is 0 Å². The van der Waals surface area contributed by atoms with Crippen molar-refractivity contribution in [3.05, 3.63) is 65.7 Å². The van der Waals surface area contributed by atoms with Crippen molar-refractivity contribution in [1.82, 2.24) is 10.3 Å². The molecule has 0 aliphatic carbocycles. The highest BCUT2D eigenvalue weighted by Crippen LogP contribution is 2.15. The van der Waals surface area contributed by atoms with Gasteiger partial charge in [0.25, 0.3) is 5.91 Å². The number of nitrogens with zero attached hydrogens (tertiary/aromatic N) is 1. The minimum atomic E-state index is -1.00. The molecular weight excluding hydrogens is 275 g/mol. The van der Waals surface area contributed by atoms with Crippen LogP contribution in [0, 0.1) is 5.82 Å². The van der Waals surface area contributed by atoms with Gasteiger partial charge in [-0.15, -0.1) is 0 Å². The number of hydrogen-bond acceptors (Lipinski definition) is 4. The van der Waals surface area contributed by atoms with Crippen LogP contribution in [0.15, 0.2) is 48.8 Å². The number of aromatic nitrogens is 1. The first-order chi connectivity index (χ1) is 10.1. The predicted molar refractivity (Wildman–Crippen MR) is 72.9 cm³/mol. The van der Waals surface area contributed by atoms with Crippen LogP contribution < -0.4 is 5.32 Å². The summed E-state index contributed by atoms with van der Waals surface area (Å²) in [4.78, 5) is 27.5. The Hall–Kier alpha value is -2.76. The van der Waals surface area contributed by atoms with Crippen molar-refractivity contribution in [3.63, 3.8) is 0 Å². The zero-order valence-corrected chi connectivity index (χ0v) is 11.2. The van der Waals surface area contributed by atoms with Crippen LogP contribution >= 0.6 is 0 Å². The standard InChI is InChI=1S/C15H13FN2O3/c1-21-15(20)13(10-5-3-2-4-6-10)18-14(19)11-7-8-17-9-12(11)16/h2-9,13H,1H3,(H,18,19). The Labute approximate surface area is 120 Å². The van der Waals surface area contributed by atoms with E-state index in [9.17, 15) is 14.0 Å². The molecule has 0 spiro atoms. The molecule has 0 bridgehead atoms. The van der Waals surface area contributed by atoms with Crippen molar-refractivity contribution in [2.75, 3.05) is 7.11 Å². The average Bonchev–Trinajstić information content (AvgIpc) is 2.53. The van der Waals surface area contributed by atoms with Gasteiger partial charge in [0.15, 0.2) is 11.9 Å². The summed E-state index contributed by atoms with van der Waals surface area (Å²) in [5, 5.41) is 2.46. The molecule has 1 heterocycles. The van der Waals surface area contributed by atoms with Gasteiger partial charge in [0, 0.05) is 6.20 Å². The molecule has 1 unspecified atom stereocenters. The predicted octanol–water partition coefficient (Wildman–Crippen LogP) is 1.86. The van der Waals surface area contributed by atoms with Gasteiger partial charge >= 0.3 is 5.97 Å². The Bertz CT molecular complexity index is 646. The molecule has 0 fully saturated rings. The number of carbonyl (C=O) groups excluding carboxylic acids is 2. The molecule has 1 aromatic carbocycles. The molecule has 0 aliphatic heterocycles. The van der Waals surface area contributed by atoms with Gasteiger partial charge in [-0.3, -0.25) is 9.78 Å². The molecule has 2 aromatic rings. The maximum Gasteiger partial charge on any atom is 0.333 e. The van der Waals surface area contributed by atoms with Crippen molar-refractivity contribution < 1.29 is 18.7 Å². The van der Waals surface area contributed by atoms with Crippen LogP contribution in [0.3, 0.4) is 0 Å². The number of rotatable bonds is 4. The number of hydrogen-bond donors (Lipinski definition) is 1. The zero-order chi connectivity index (χ0) is 15.2.